The van der Waals surface area contributed by atoms with E-state index in [4.69, 9.17) is 9.40 Å². The van der Waals surface area contributed by atoms with Crippen molar-refractivity contribution in [2.24, 2.45) is 10.8 Å². The topological polar surface area (TPSA) is 63.3 Å². The van der Waals surface area contributed by atoms with E-state index >= 15 is 0 Å². The Morgan fingerprint density at radius 2 is 1.57 bits per heavy atom. The number of carbonyl (C=O) groups excluding carboxylic acids is 1. The maximum atomic E-state index is 12.2. The smallest absolute Gasteiger partial charge is 0.164 e. The average Bonchev–Trinajstić information content (AvgIpc) is 3.73. The van der Waals surface area contributed by atoms with Gasteiger partial charge in [0.15, 0.2) is 5.78 Å². The van der Waals surface area contributed by atoms with Crippen molar-refractivity contribution in [3.63, 3.8) is 0 Å². The average molecular weight is 879 g/mol. The fourth-order valence-electron chi connectivity index (χ4n) is 6.40. The number of pyridine rings is 1. The number of aromatic nitrogens is 1. The van der Waals surface area contributed by atoms with Crippen LogP contribution in [0.25, 0.3) is 53.5 Å². The Balaban J connectivity index is 0.000000279. The molecular weight excluding hydrogens is 827 g/mol. The molecule has 0 fully saturated rings. The van der Waals surface area contributed by atoms with E-state index in [-0.39, 0.29) is 47.9 Å². The third kappa shape index (κ3) is 8.09. The Morgan fingerprint density at radius 1 is 0.902 bits per heavy atom. The molecule has 0 spiro atoms. The number of fused-ring (bicyclic) bond motifs is 3. The second kappa shape index (κ2) is 16.0. The van der Waals surface area contributed by atoms with Crippen LogP contribution in [0.2, 0.25) is 0 Å². The van der Waals surface area contributed by atoms with Gasteiger partial charge in [-0.25, -0.2) is 0 Å². The molecule has 3 aromatic carbocycles. The molecule has 6 heteroatoms. The van der Waals surface area contributed by atoms with E-state index in [1.807, 2.05) is 60.1 Å². The fourth-order valence-corrected chi connectivity index (χ4v) is 7.59. The Labute approximate surface area is 321 Å². The van der Waals surface area contributed by atoms with Crippen LogP contribution >= 0.6 is 11.3 Å². The van der Waals surface area contributed by atoms with Crippen molar-refractivity contribution in [1.29, 1.82) is 0 Å². The summed E-state index contributed by atoms with van der Waals surface area (Å²) in [5.74, 6) is 0.286. The molecule has 0 amide bonds. The first-order valence-electron chi connectivity index (χ1n) is 18.0. The van der Waals surface area contributed by atoms with Gasteiger partial charge in [0.25, 0.3) is 0 Å². The largest absolute Gasteiger partial charge is 0.512 e. The molecule has 0 unspecified atom stereocenters. The summed E-state index contributed by atoms with van der Waals surface area (Å²) in [6.45, 7) is 21.0. The molecule has 6 rings (SSSR count). The first kappa shape index (κ1) is 40.2. The SMILES string of the molecule is CCC(C)(CC)C(=O)/C=C(\O)C(C)(CC)CC.Cc1coc2cccc(-c3cc4ccnc(-c5[c-]c6ccccc6c(C(C)(C)C)c5)c4s3)c12.[Ir]. The van der Waals surface area contributed by atoms with Gasteiger partial charge in [-0.1, -0.05) is 104 Å². The van der Waals surface area contributed by atoms with Crippen LogP contribution in [-0.4, -0.2) is 15.9 Å². The number of hydrogen-bond acceptors (Lipinski definition) is 5. The van der Waals surface area contributed by atoms with Gasteiger partial charge in [-0.15, -0.1) is 40.5 Å². The van der Waals surface area contributed by atoms with Gasteiger partial charge in [0.1, 0.15) is 11.3 Å². The third-order valence-electron chi connectivity index (χ3n) is 10.9. The van der Waals surface area contributed by atoms with Crippen molar-refractivity contribution in [3.05, 3.63) is 102 Å². The van der Waals surface area contributed by atoms with Gasteiger partial charge < -0.3 is 9.52 Å². The van der Waals surface area contributed by atoms with E-state index in [9.17, 15) is 9.90 Å². The van der Waals surface area contributed by atoms with Gasteiger partial charge in [0, 0.05) is 69.4 Å². The van der Waals surface area contributed by atoms with E-state index in [2.05, 4.69) is 88.4 Å². The number of nitrogens with zero attached hydrogens (tertiary/aromatic N) is 1. The second-order valence-electron chi connectivity index (χ2n) is 15.1. The van der Waals surface area contributed by atoms with Gasteiger partial charge in [0.05, 0.1) is 6.26 Å². The molecule has 6 aromatic rings. The molecule has 0 aliphatic carbocycles. The summed E-state index contributed by atoms with van der Waals surface area (Å²) in [6, 6.07) is 25.1. The molecule has 1 N–H and O–H groups in total. The second-order valence-corrected chi connectivity index (χ2v) is 16.2. The number of aryl methyl sites for hydroxylation is 1. The van der Waals surface area contributed by atoms with Crippen LogP contribution in [0, 0.1) is 23.8 Å². The summed E-state index contributed by atoms with van der Waals surface area (Å²) in [6.07, 6.45) is 8.51. The predicted octanol–water partition coefficient (Wildman–Crippen LogP) is 13.6. The van der Waals surface area contributed by atoms with E-state index in [0.717, 1.165) is 53.5 Å². The first-order chi connectivity index (χ1) is 23.7. The van der Waals surface area contributed by atoms with Crippen molar-refractivity contribution in [2.75, 3.05) is 0 Å². The molecule has 0 aliphatic rings. The number of ketones is 1. The summed E-state index contributed by atoms with van der Waals surface area (Å²) < 4.78 is 6.94. The van der Waals surface area contributed by atoms with Crippen molar-refractivity contribution in [3.8, 4) is 21.7 Å². The molecule has 1 radical (unpaired) electrons. The zero-order chi connectivity index (χ0) is 36.4. The number of carbonyl (C=O) groups is 1. The number of allylic oxidation sites excluding steroid dienone is 2. The number of benzene rings is 3. The maximum Gasteiger partial charge on any atom is 0.164 e. The maximum absolute atomic E-state index is 12.2. The van der Waals surface area contributed by atoms with Crippen molar-refractivity contribution < 1.29 is 34.4 Å². The summed E-state index contributed by atoms with van der Waals surface area (Å²) in [5, 5.41) is 14.9. The minimum absolute atomic E-state index is 0. The van der Waals surface area contributed by atoms with Gasteiger partial charge >= 0.3 is 0 Å². The Kier molecular flexibility index (Phi) is 12.6. The minimum Gasteiger partial charge on any atom is -0.512 e. The molecule has 0 saturated heterocycles. The van der Waals surface area contributed by atoms with E-state index in [0.29, 0.717) is 0 Å². The van der Waals surface area contributed by atoms with Crippen LogP contribution < -0.4 is 0 Å². The number of furan rings is 1. The molecule has 3 aromatic heterocycles. The molecule has 0 atom stereocenters. The number of thiophene rings is 1. The van der Waals surface area contributed by atoms with Crippen molar-refractivity contribution in [2.45, 2.75) is 100 Å². The molecule has 0 bridgehead atoms. The van der Waals surface area contributed by atoms with E-state index in [1.54, 1.807) is 11.3 Å². The van der Waals surface area contributed by atoms with E-state index < -0.39 is 0 Å². The Bertz CT molecular complexity index is 2170. The Hall–Kier alpha value is -3.57. The summed E-state index contributed by atoms with van der Waals surface area (Å²) in [4.78, 5) is 18.3. The fraction of sp³-hybridized carbons (Fsp3) is 0.378. The number of hydrogen-bond donors (Lipinski definition) is 1. The molecule has 0 saturated carbocycles. The number of aliphatic hydroxyl groups excluding tert-OH is 1. The first-order valence-corrected chi connectivity index (χ1v) is 18.8. The molecular formula is C45H52IrNO3S-. The minimum atomic E-state index is -0.337. The normalized spacial score (nSPS) is 12.5. The van der Waals surface area contributed by atoms with Crippen LogP contribution in [0.15, 0.2) is 89.4 Å². The third-order valence-corrected chi connectivity index (χ3v) is 12.1. The molecule has 51 heavy (non-hydrogen) atoms. The monoisotopic (exact) mass is 879 g/mol. The molecule has 4 nitrogen and oxygen atoms in total. The van der Waals surface area contributed by atoms with Gasteiger partial charge in [-0.05, 0) is 67.2 Å². The zero-order valence-corrected chi connectivity index (χ0v) is 35.0. The number of rotatable bonds is 9. The van der Waals surface area contributed by atoms with Gasteiger partial charge in [-0.2, -0.15) is 0 Å². The standard InChI is InChI=1S/C30H24NOS.C15H28O2.Ir/c1-18-17-32-25-11-7-10-23(27(18)25)26-16-20-12-13-31-28(29(20)33-26)21-14-19-8-5-6-9-22(19)24(15-21)30(2,3)4;1-7-14(5,8-2)12(16)11-13(17)15(6,9-3)10-4;/h5-13,15-17H,1-4H3;11,16H,7-10H2,1-6H3;/q-1;;/b;12-11-;. The van der Waals surface area contributed by atoms with Crippen LogP contribution in [0.4, 0.5) is 0 Å². The molecule has 3 heterocycles. The molecule has 0 aliphatic heterocycles. The molecule has 271 valence electrons. The van der Waals surface area contributed by atoms with Crippen molar-refractivity contribution in [1.82, 2.24) is 4.98 Å². The summed E-state index contributed by atoms with van der Waals surface area (Å²) in [5.41, 5.74) is 6.09. The van der Waals surface area contributed by atoms with Crippen molar-refractivity contribution >= 4 is 48.9 Å². The zero-order valence-electron chi connectivity index (χ0n) is 31.8. The van der Waals surface area contributed by atoms with E-state index in [1.165, 1.54) is 42.9 Å². The summed E-state index contributed by atoms with van der Waals surface area (Å²) >= 11 is 1.79. The quantitative estimate of drug-likeness (QED) is 0.0893. The summed E-state index contributed by atoms with van der Waals surface area (Å²) in [7, 11) is 0. The van der Waals surface area contributed by atoms with Crippen LogP contribution in [-0.2, 0) is 30.3 Å². The van der Waals surface area contributed by atoms with Gasteiger partial charge in [-0.3, -0.25) is 9.78 Å². The van der Waals surface area contributed by atoms with Crippen LogP contribution in [0.5, 0.6) is 0 Å². The van der Waals surface area contributed by atoms with Gasteiger partial charge in [0.2, 0.25) is 0 Å². The predicted molar refractivity (Wildman–Crippen MR) is 213 cm³/mol. The van der Waals surface area contributed by atoms with Crippen LogP contribution in [0.3, 0.4) is 0 Å². The number of aliphatic hydroxyl groups is 1. The Morgan fingerprint density at radius 3 is 2.22 bits per heavy atom. The van der Waals surface area contributed by atoms with Crippen LogP contribution in [0.1, 0.15) is 99.1 Å².